The highest BCUT2D eigenvalue weighted by atomic mass is 16.5. The Bertz CT molecular complexity index is 1660. The largest absolute Gasteiger partial charge is 0.508 e. The van der Waals surface area contributed by atoms with Gasteiger partial charge in [-0.05, 0) is 122 Å². The van der Waals surface area contributed by atoms with Gasteiger partial charge in [0.1, 0.15) is 23.0 Å². The second kappa shape index (κ2) is 18.1. The Morgan fingerprint density at radius 2 is 0.941 bits per heavy atom. The fourth-order valence-electron chi connectivity index (χ4n) is 6.27. The van der Waals surface area contributed by atoms with Crippen molar-refractivity contribution in [3.63, 3.8) is 0 Å². The fourth-order valence-corrected chi connectivity index (χ4v) is 6.27. The summed E-state index contributed by atoms with van der Waals surface area (Å²) in [5.41, 5.74) is 6.77. The summed E-state index contributed by atoms with van der Waals surface area (Å²) in [6, 6.07) is 22.3. The van der Waals surface area contributed by atoms with Crippen molar-refractivity contribution in [1.82, 2.24) is 0 Å². The van der Waals surface area contributed by atoms with Crippen LogP contribution in [0.25, 0.3) is 0 Å². The molecule has 0 atom stereocenters. The number of carbonyl (C=O) groups excluding carboxylic acids is 1. The van der Waals surface area contributed by atoms with E-state index in [0.717, 1.165) is 50.9 Å². The monoisotopic (exact) mass is 702 g/mol. The van der Waals surface area contributed by atoms with Crippen molar-refractivity contribution in [3.05, 3.63) is 117 Å². The lowest BCUT2D eigenvalue weighted by Gasteiger charge is -2.32. The van der Waals surface area contributed by atoms with Crippen LogP contribution in [0.4, 0.5) is 0 Å². The average molecular weight is 703 g/mol. The van der Waals surface area contributed by atoms with Crippen LogP contribution < -0.4 is 0 Å². The van der Waals surface area contributed by atoms with Gasteiger partial charge in [0.25, 0.3) is 0 Å². The molecule has 9 nitrogen and oxygen atoms in total. The molecule has 276 valence electrons. The predicted octanol–water partition coefficient (Wildman–Crippen LogP) is 7.23. The van der Waals surface area contributed by atoms with Gasteiger partial charge in [-0.2, -0.15) is 0 Å². The number of aromatic hydroxyl groups is 4. The fraction of sp³-hybridized carbons (Fsp3) is 0.405. The minimum atomic E-state index is -1.51. The SMILES string of the molecule is Cc1cc(C(C)(CCCO)c2ccc(O)c(C)c2)ccc1O.Cc1cc(C(C)(CCCOC(=O)CCC(O)O)c2ccc(O)c(C)c2)ccc1O. The third-order valence-corrected chi connectivity index (χ3v) is 9.86. The van der Waals surface area contributed by atoms with E-state index < -0.39 is 17.7 Å². The van der Waals surface area contributed by atoms with Gasteiger partial charge in [-0.15, -0.1) is 0 Å². The molecule has 0 saturated carbocycles. The number of phenolic OH excluding ortho intramolecular Hbond substituents is 4. The standard InChI is InChI=1S/C23H30O6.C19H24O3/c1-15-13-17(5-7-19(15)24)23(3,18-6-8-20(25)16(2)14-18)11-4-12-29-22(28)10-9-21(26)27;1-13-11-15(5-7-17(13)21)19(3,9-4-10-20)16-6-8-18(22)14(2)12-16/h5-8,13-14,21,24-27H,4,9-12H2,1-3H3;5-8,11-12,20-22H,4,9-10H2,1-3H3. The Morgan fingerprint density at radius 1 is 0.608 bits per heavy atom. The maximum Gasteiger partial charge on any atom is 0.305 e. The van der Waals surface area contributed by atoms with Crippen molar-refractivity contribution in [2.45, 2.75) is 97.2 Å². The topological polar surface area (TPSA) is 168 Å². The molecule has 0 amide bonds. The summed E-state index contributed by atoms with van der Waals surface area (Å²) in [4.78, 5) is 11.7. The van der Waals surface area contributed by atoms with Crippen LogP contribution in [0.5, 0.6) is 23.0 Å². The zero-order valence-electron chi connectivity index (χ0n) is 30.6. The van der Waals surface area contributed by atoms with E-state index in [1.165, 1.54) is 0 Å². The number of aliphatic hydroxyl groups is 3. The zero-order valence-corrected chi connectivity index (χ0v) is 30.6. The lowest BCUT2D eigenvalue weighted by atomic mass is 9.72. The van der Waals surface area contributed by atoms with Crippen LogP contribution in [0.15, 0.2) is 72.8 Å². The number of hydrogen-bond donors (Lipinski definition) is 7. The van der Waals surface area contributed by atoms with Crippen LogP contribution in [0.3, 0.4) is 0 Å². The van der Waals surface area contributed by atoms with Crippen molar-refractivity contribution >= 4 is 5.97 Å². The molecule has 4 rings (SSSR count). The highest BCUT2D eigenvalue weighted by Gasteiger charge is 2.31. The lowest BCUT2D eigenvalue weighted by molar-refractivity contribution is -0.146. The number of phenols is 4. The first kappa shape index (κ1) is 40.9. The number of hydrogen-bond acceptors (Lipinski definition) is 9. The van der Waals surface area contributed by atoms with Gasteiger partial charge in [0.15, 0.2) is 6.29 Å². The maximum absolute atomic E-state index is 11.7. The van der Waals surface area contributed by atoms with Gasteiger partial charge < -0.3 is 40.5 Å². The highest BCUT2D eigenvalue weighted by Crippen LogP contribution is 2.41. The van der Waals surface area contributed by atoms with E-state index >= 15 is 0 Å². The molecule has 4 aromatic rings. The van der Waals surface area contributed by atoms with E-state index in [2.05, 4.69) is 13.8 Å². The van der Waals surface area contributed by atoms with Crippen molar-refractivity contribution in [2.75, 3.05) is 13.2 Å². The van der Waals surface area contributed by atoms with Crippen molar-refractivity contribution < 1.29 is 45.3 Å². The van der Waals surface area contributed by atoms with E-state index in [1.54, 1.807) is 24.3 Å². The van der Waals surface area contributed by atoms with Gasteiger partial charge in [-0.3, -0.25) is 4.79 Å². The molecule has 0 spiro atoms. The van der Waals surface area contributed by atoms with Gasteiger partial charge in [0.05, 0.1) is 13.0 Å². The molecule has 0 aliphatic heterocycles. The van der Waals surface area contributed by atoms with Gasteiger partial charge in [-0.25, -0.2) is 0 Å². The zero-order chi connectivity index (χ0) is 37.9. The summed E-state index contributed by atoms with van der Waals surface area (Å²) in [5.74, 6) is 0.585. The quantitative estimate of drug-likeness (QED) is 0.0407. The molecular formula is C42H54O9. The van der Waals surface area contributed by atoms with E-state index in [0.29, 0.717) is 19.3 Å². The molecule has 0 aliphatic carbocycles. The number of aliphatic hydroxyl groups excluding tert-OH is 2. The molecule has 0 bridgehead atoms. The van der Waals surface area contributed by atoms with Gasteiger partial charge in [0, 0.05) is 23.9 Å². The lowest BCUT2D eigenvalue weighted by Crippen LogP contribution is -2.25. The summed E-state index contributed by atoms with van der Waals surface area (Å²) >= 11 is 0. The molecule has 9 heteroatoms. The molecule has 4 aromatic carbocycles. The molecule has 0 saturated heterocycles. The van der Waals surface area contributed by atoms with Crippen molar-refractivity contribution in [1.29, 1.82) is 0 Å². The van der Waals surface area contributed by atoms with E-state index in [9.17, 15) is 30.3 Å². The number of rotatable bonds is 14. The van der Waals surface area contributed by atoms with Gasteiger partial charge in [0.2, 0.25) is 0 Å². The molecule has 0 aromatic heterocycles. The average Bonchev–Trinajstić information content (AvgIpc) is 3.09. The van der Waals surface area contributed by atoms with Crippen LogP contribution in [-0.4, -0.2) is 61.2 Å². The van der Waals surface area contributed by atoms with Gasteiger partial charge in [-0.1, -0.05) is 62.4 Å². The Labute approximate surface area is 301 Å². The number of ether oxygens (including phenoxy) is 1. The molecular weight excluding hydrogens is 648 g/mol. The minimum Gasteiger partial charge on any atom is -0.508 e. The van der Waals surface area contributed by atoms with Crippen LogP contribution in [-0.2, 0) is 20.4 Å². The summed E-state index contributed by atoms with van der Waals surface area (Å²) in [6.07, 6.45) is 1.16. The molecule has 0 unspecified atom stereocenters. The Hall–Kier alpha value is -4.57. The Morgan fingerprint density at radius 3 is 1.24 bits per heavy atom. The van der Waals surface area contributed by atoms with Crippen LogP contribution in [0, 0.1) is 27.7 Å². The van der Waals surface area contributed by atoms with E-state index in [1.807, 2.05) is 76.2 Å². The molecule has 7 N–H and O–H groups in total. The predicted molar refractivity (Wildman–Crippen MR) is 198 cm³/mol. The Balaban J connectivity index is 0.000000286. The first-order valence-electron chi connectivity index (χ1n) is 17.3. The Kier molecular flexibility index (Phi) is 14.5. The second-order valence-corrected chi connectivity index (χ2v) is 13.8. The normalized spacial score (nSPS) is 11.6. The van der Waals surface area contributed by atoms with Crippen molar-refractivity contribution in [3.8, 4) is 23.0 Å². The number of esters is 1. The number of benzene rings is 4. The smallest absolute Gasteiger partial charge is 0.305 e. The first-order chi connectivity index (χ1) is 24.0. The minimum absolute atomic E-state index is 0.0384. The number of carbonyl (C=O) groups is 1. The van der Waals surface area contributed by atoms with Crippen LogP contribution >= 0.6 is 0 Å². The molecule has 0 fully saturated rings. The van der Waals surface area contributed by atoms with Crippen LogP contribution in [0.2, 0.25) is 0 Å². The summed E-state index contributed by atoms with van der Waals surface area (Å²) < 4.78 is 5.20. The van der Waals surface area contributed by atoms with E-state index in [4.69, 9.17) is 14.9 Å². The van der Waals surface area contributed by atoms with E-state index in [-0.39, 0.29) is 54.5 Å². The molecule has 0 radical (unpaired) electrons. The molecule has 0 heterocycles. The van der Waals surface area contributed by atoms with Crippen LogP contribution in [0.1, 0.15) is 96.9 Å². The first-order valence-corrected chi connectivity index (χ1v) is 17.3. The second-order valence-electron chi connectivity index (χ2n) is 13.8. The third-order valence-electron chi connectivity index (χ3n) is 9.86. The number of aryl methyl sites for hydroxylation is 4. The highest BCUT2D eigenvalue weighted by molar-refractivity contribution is 5.69. The summed E-state index contributed by atoms with van der Waals surface area (Å²) in [6.45, 7) is 12.1. The van der Waals surface area contributed by atoms with Crippen molar-refractivity contribution in [2.24, 2.45) is 0 Å². The van der Waals surface area contributed by atoms with Gasteiger partial charge >= 0.3 is 5.97 Å². The summed E-state index contributed by atoms with van der Waals surface area (Å²) in [7, 11) is 0. The third kappa shape index (κ3) is 10.7. The maximum atomic E-state index is 11.7. The summed E-state index contributed by atoms with van der Waals surface area (Å²) in [5, 5.41) is 66.2. The molecule has 0 aliphatic rings. The molecule has 51 heavy (non-hydrogen) atoms.